The summed E-state index contributed by atoms with van der Waals surface area (Å²) in [7, 11) is -4.55. The van der Waals surface area contributed by atoms with Crippen LogP contribution in [0.1, 0.15) is 11.1 Å². The molecule has 1 rings (SSSR count). The highest BCUT2D eigenvalue weighted by atomic mass is 32.2. The lowest BCUT2D eigenvalue weighted by atomic mass is 10.1. The van der Waals surface area contributed by atoms with E-state index in [1.165, 1.54) is 0 Å². The molecule has 0 aliphatic heterocycles. The fourth-order valence-electron chi connectivity index (χ4n) is 1.12. The van der Waals surface area contributed by atoms with Crippen LogP contribution in [-0.2, 0) is 16.3 Å². The average molecular weight is 252 g/mol. The predicted octanol–water partition coefficient (Wildman–Crippen LogP) is 2.60. The van der Waals surface area contributed by atoms with Crippen molar-refractivity contribution in [1.29, 1.82) is 0 Å². The Labute approximate surface area is 90.0 Å². The van der Waals surface area contributed by atoms with E-state index in [0.29, 0.717) is 18.2 Å². The molecule has 0 amide bonds. The molecule has 0 spiro atoms. The highest BCUT2D eigenvalue weighted by Gasteiger charge is 2.31. The molecule has 1 N–H and O–H groups in total. The summed E-state index contributed by atoms with van der Waals surface area (Å²) in [6.45, 7) is 3.19. The van der Waals surface area contributed by atoms with E-state index in [0.717, 1.165) is 6.08 Å². The van der Waals surface area contributed by atoms with Crippen LogP contribution >= 0.6 is 0 Å². The topological polar surface area (TPSA) is 54.4 Å². The summed E-state index contributed by atoms with van der Waals surface area (Å²) >= 11 is 0. The number of alkyl halides is 3. The number of hydrogen-bond donors (Lipinski definition) is 1. The molecule has 0 bridgehead atoms. The van der Waals surface area contributed by atoms with E-state index in [1.807, 2.05) is 0 Å². The number of rotatable bonds is 2. The average Bonchev–Trinajstić information content (AvgIpc) is 2.14. The molecule has 0 unspecified atom stereocenters. The smallest absolute Gasteiger partial charge is 0.282 e. The van der Waals surface area contributed by atoms with Crippen molar-refractivity contribution in [3.05, 3.63) is 35.9 Å². The molecule has 0 atom stereocenters. The summed E-state index contributed by atoms with van der Waals surface area (Å²) in [4.78, 5) is -0.601. The quantitative estimate of drug-likeness (QED) is 0.823. The van der Waals surface area contributed by atoms with Gasteiger partial charge in [-0.05, 0) is 23.8 Å². The predicted molar refractivity (Wildman–Crippen MR) is 51.3 cm³/mol. The molecule has 0 aliphatic carbocycles. The molecule has 1 aromatic carbocycles. The zero-order valence-electron chi connectivity index (χ0n) is 7.82. The van der Waals surface area contributed by atoms with Gasteiger partial charge in [-0.3, -0.25) is 4.55 Å². The van der Waals surface area contributed by atoms with E-state index in [2.05, 4.69) is 6.58 Å². The lowest BCUT2D eigenvalue weighted by Crippen LogP contribution is -2.07. The molecule has 3 nitrogen and oxygen atoms in total. The Kier molecular flexibility index (Phi) is 3.11. The maximum atomic E-state index is 12.3. The van der Waals surface area contributed by atoms with Crippen molar-refractivity contribution in [3.63, 3.8) is 0 Å². The standard InChI is InChI=1S/C9H7F3O3S/c1-2-6-5-7(9(10,11)12)3-4-8(6)16(13,14)15/h2-5H,1H2,(H,13,14,15). The minimum absolute atomic E-state index is 0.294. The van der Waals surface area contributed by atoms with Crippen molar-refractivity contribution < 1.29 is 26.1 Å². The van der Waals surface area contributed by atoms with Crippen LogP contribution in [0.4, 0.5) is 13.2 Å². The Morgan fingerprint density at radius 3 is 2.25 bits per heavy atom. The minimum Gasteiger partial charge on any atom is -0.282 e. The van der Waals surface area contributed by atoms with Gasteiger partial charge in [0.1, 0.15) is 4.90 Å². The lowest BCUT2D eigenvalue weighted by Gasteiger charge is -2.09. The van der Waals surface area contributed by atoms with Gasteiger partial charge in [-0.25, -0.2) is 0 Å². The van der Waals surface area contributed by atoms with E-state index in [-0.39, 0.29) is 5.56 Å². The Hall–Kier alpha value is -1.34. The van der Waals surface area contributed by atoms with Gasteiger partial charge in [-0.1, -0.05) is 12.7 Å². The van der Waals surface area contributed by atoms with Crippen molar-refractivity contribution in [1.82, 2.24) is 0 Å². The van der Waals surface area contributed by atoms with Crippen molar-refractivity contribution in [3.8, 4) is 0 Å². The van der Waals surface area contributed by atoms with Crippen molar-refractivity contribution >= 4 is 16.2 Å². The third-order valence-electron chi connectivity index (χ3n) is 1.83. The Bertz CT molecular complexity index is 517. The van der Waals surface area contributed by atoms with Gasteiger partial charge >= 0.3 is 6.18 Å². The van der Waals surface area contributed by atoms with Gasteiger partial charge in [0.2, 0.25) is 0 Å². The lowest BCUT2D eigenvalue weighted by molar-refractivity contribution is -0.137. The van der Waals surface area contributed by atoms with Crippen molar-refractivity contribution in [2.45, 2.75) is 11.1 Å². The van der Waals surface area contributed by atoms with Crippen LogP contribution < -0.4 is 0 Å². The van der Waals surface area contributed by atoms with Gasteiger partial charge in [0, 0.05) is 0 Å². The van der Waals surface area contributed by atoms with Gasteiger partial charge in [-0.2, -0.15) is 21.6 Å². The van der Waals surface area contributed by atoms with Gasteiger partial charge in [-0.15, -0.1) is 0 Å². The highest BCUT2D eigenvalue weighted by Crippen LogP contribution is 2.31. The molecule has 0 fully saturated rings. The largest absolute Gasteiger partial charge is 0.416 e. The Balaban J connectivity index is 3.46. The maximum Gasteiger partial charge on any atom is 0.416 e. The monoisotopic (exact) mass is 252 g/mol. The molecular formula is C9H7F3O3S. The Morgan fingerprint density at radius 1 is 1.31 bits per heavy atom. The normalized spacial score (nSPS) is 12.5. The van der Waals surface area contributed by atoms with Gasteiger partial charge in [0.25, 0.3) is 10.1 Å². The summed E-state index contributed by atoms with van der Waals surface area (Å²) < 4.78 is 67.2. The van der Waals surface area contributed by atoms with Crippen molar-refractivity contribution in [2.75, 3.05) is 0 Å². The fraction of sp³-hybridized carbons (Fsp3) is 0.111. The van der Waals surface area contributed by atoms with E-state index in [9.17, 15) is 21.6 Å². The third kappa shape index (κ3) is 2.61. The molecule has 16 heavy (non-hydrogen) atoms. The molecule has 88 valence electrons. The number of benzene rings is 1. The molecule has 0 saturated heterocycles. The summed E-state index contributed by atoms with van der Waals surface area (Å²) in [5.41, 5.74) is -1.30. The first-order valence-corrected chi connectivity index (χ1v) is 5.41. The van der Waals surface area contributed by atoms with Gasteiger partial charge in [0.15, 0.2) is 0 Å². The second kappa shape index (κ2) is 3.91. The summed E-state index contributed by atoms with van der Waals surface area (Å²) in [5, 5.41) is 0. The highest BCUT2D eigenvalue weighted by molar-refractivity contribution is 7.85. The second-order valence-electron chi connectivity index (χ2n) is 2.93. The molecule has 0 radical (unpaired) electrons. The van der Waals surface area contributed by atoms with E-state index >= 15 is 0 Å². The third-order valence-corrected chi connectivity index (χ3v) is 2.76. The molecule has 0 heterocycles. The fourth-order valence-corrected chi connectivity index (χ4v) is 1.80. The number of hydrogen-bond acceptors (Lipinski definition) is 2. The number of halogens is 3. The van der Waals surface area contributed by atoms with E-state index in [4.69, 9.17) is 4.55 Å². The summed E-state index contributed by atoms with van der Waals surface area (Å²) in [6.07, 6.45) is -3.64. The van der Waals surface area contributed by atoms with Crippen LogP contribution in [-0.4, -0.2) is 13.0 Å². The first kappa shape index (κ1) is 12.7. The zero-order valence-corrected chi connectivity index (χ0v) is 8.64. The van der Waals surface area contributed by atoms with Crippen LogP contribution in [0.15, 0.2) is 29.7 Å². The van der Waals surface area contributed by atoms with Crippen LogP contribution in [0, 0.1) is 0 Å². The Morgan fingerprint density at radius 2 is 1.88 bits per heavy atom. The SMILES string of the molecule is C=Cc1cc(C(F)(F)F)ccc1S(=O)(=O)O. The summed E-state index contributed by atoms with van der Waals surface area (Å²) in [5.74, 6) is 0. The molecule has 1 aromatic rings. The van der Waals surface area contributed by atoms with Gasteiger partial charge < -0.3 is 0 Å². The van der Waals surface area contributed by atoms with Gasteiger partial charge in [0.05, 0.1) is 5.56 Å². The second-order valence-corrected chi connectivity index (χ2v) is 4.32. The van der Waals surface area contributed by atoms with Crippen molar-refractivity contribution in [2.24, 2.45) is 0 Å². The molecule has 7 heteroatoms. The first-order chi connectivity index (χ1) is 7.16. The maximum absolute atomic E-state index is 12.3. The first-order valence-electron chi connectivity index (χ1n) is 3.97. The molecule has 0 saturated carbocycles. The molecule has 0 aromatic heterocycles. The molecular weight excluding hydrogens is 245 g/mol. The zero-order chi connectivity index (χ0) is 12.6. The van der Waals surface area contributed by atoms with Crippen LogP contribution in [0.2, 0.25) is 0 Å². The van der Waals surface area contributed by atoms with E-state index in [1.54, 1.807) is 0 Å². The van der Waals surface area contributed by atoms with Crippen LogP contribution in [0.3, 0.4) is 0 Å². The minimum atomic E-state index is -4.57. The molecule has 0 aliphatic rings. The van der Waals surface area contributed by atoms with E-state index < -0.39 is 26.8 Å². The van der Waals surface area contributed by atoms with Crippen LogP contribution in [0.5, 0.6) is 0 Å². The summed E-state index contributed by atoms with van der Waals surface area (Å²) in [6, 6.07) is 1.88. The van der Waals surface area contributed by atoms with Crippen LogP contribution in [0.25, 0.3) is 6.08 Å².